The molecular formula is C16H15F2N3S. The summed E-state index contributed by atoms with van der Waals surface area (Å²) in [5, 5.41) is 8.08. The van der Waals surface area contributed by atoms with E-state index in [1.165, 1.54) is 30.1 Å². The van der Waals surface area contributed by atoms with E-state index in [-0.39, 0.29) is 5.56 Å². The maximum atomic E-state index is 12.4. The Morgan fingerprint density at radius 1 is 1.09 bits per heavy atom. The lowest BCUT2D eigenvalue weighted by molar-refractivity contribution is 0.151. The van der Waals surface area contributed by atoms with Gasteiger partial charge in [-0.1, -0.05) is 66.4 Å². The maximum Gasteiger partial charge on any atom is 0.263 e. The third-order valence-corrected chi connectivity index (χ3v) is 3.64. The number of nitrogens with zero attached hydrogens (tertiary/aromatic N) is 2. The topological polar surface area (TPSA) is 50.7 Å². The molecule has 0 spiro atoms. The summed E-state index contributed by atoms with van der Waals surface area (Å²) >= 11 is 1.39. The van der Waals surface area contributed by atoms with Crippen molar-refractivity contribution in [3.05, 3.63) is 71.3 Å². The molecule has 0 atom stereocenters. The van der Waals surface area contributed by atoms with E-state index in [0.29, 0.717) is 10.7 Å². The number of thioether (sulfide) groups is 1. The molecule has 0 aliphatic rings. The third-order valence-electron chi connectivity index (χ3n) is 2.78. The van der Waals surface area contributed by atoms with Gasteiger partial charge in [0, 0.05) is 11.3 Å². The highest BCUT2D eigenvalue weighted by molar-refractivity contribution is 8.13. The molecular weight excluding hydrogens is 304 g/mol. The van der Waals surface area contributed by atoms with Crippen LogP contribution in [0.4, 0.5) is 8.78 Å². The lowest BCUT2D eigenvalue weighted by atomic mass is 10.1. The fourth-order valence-corrected chi connectivity index (χ4v) is 2.25. The van der Waals surface area contributed by atoms with Crippen LogP contribution in [0.5, 0.6) is 0 Å². The Hall–Kier alpha value is -2.21. The van der Waals surface area contributed by atoms with E-state index >= 15 is 0 Å². The Morgan fingerprint density at radius 3 is 2.41 bits per heavy atom. The van der Waals surface area contributed by atoms with E-state index < -0.39 is 6.43 Å². The van der Waals surface area contributed by atoms with Crippen LogP contribution in [0, 0.1) is 0 Å². The summed E-state index contributed by atoms with van der Waals surface area (Å²) in [6, 6.07) is 15.8. The molecule has 6 heteroatoms. The van der Waals surface area contributed by atoms with Crippen LogP contribution in [-0.2, 0) is 5.75 Å². The van der Waals surface area contributed by atoms with Gasteiger partial charge in [0.15, 0.2) is 5.17 Å². The summed E-state index contributed by atoms with van der Waals surface area (Å²) in [4.78, 5) is 0. The smallest absolute Gasteiger partial charge is 0.263 e. The molecule has 0 saturated heterocycles. The van der Waals surface area contributed by atoms with Crippen molar-refractivity contribution in [1.29, 1.82) is 0 Å². The molecule has 0 radical (unpaired) electrons. The second kappa shape index (κ2) is 8.29. The van der Waals surface area contributed by atoms with Gasteiger partial charge in [-0.25, -0.2) is 8.78 Å². The van der Waals surface area contributed by atoms with E-state index in [1.807, 2.05) is 30.3 Å². The average molecular weight is 319 g/mol. The number of nitrogens with two attached hydrogens (primary N) is 1. The molecule has 0 bridgehead atoms. The molecule has 0 saturated carbocycles. The molecule has 0 unspecified atom stereocenters. The number of hydrogen-bond donors (Lipinski definition) is 1. The van der Waals surface area contributed by atoms with Gasteiger partial charge in [-0.05, 0) is 11.1 Å². The van der Waals surface area contributed by atoms with Gasteiger partial charge in [0.25, 0.3) is 6.43 Å². The highest BCUT2D eigenvalue weighted by atomic mass is 32.2. The van der Waals surface area contributed by atoms with Gasteiger partial charge in [0.2, 0.25) is 0 Å². The molecule has 0 aliphatic carbocycles. The maximum absolute atomic E-state index is 12.4. The van der Waals surface area contributed by atoms with Gasteiger partial charge in [-0.3, -0.25) is 0 Å². The summed E-state index contributed by atoms with van der Waals surface area (Å²) in [5.74, 6) is 0.717. The number of amidine groups is 1. The first-order chi connectivity index (χ1) is 10.6. The highest BCUT2D eigenvalue weighted by Gasteiger charge is 2.04. The Kier molecular flexibility index (Phi) is 6.09. The van der Waals surface area contributed by atoms with Crippen LogP contribution in [-0.4, -0.2) is 11.4 Å². The Morgan fingerprint density at radius 2 is 1.77 bits per heavy atom. The quantitative estimate of drug-likeness (QED) is 0.510. The fraction of sp³-hybridized carbons (Fsp3) is 0.125. The van der Waals surface area contributed by atoms with Crippen molar-refractivity contribution in [2.75, 3.05) is 0 Å². The number of alkyl halides is 2. The summed E-state index contributed by atoms with van der Waals surface area (Å²) in [7, 11) is 0. The van der Waals surface area contributed by atoms with Crippen molar-refractivity contribution in [2.45, 2.75) is 12.2 Å². The van der Waals surface area contributed by atoms with Crippen LogP contribution in [0.3, 0.4) is 0 Å². The molecule has 2 rings (SSSR count). The van der Waals surface area contributed by atoms with Gasteiger partial charge < -0.3 is 5.73 Å². The second-order valence-electron chi connectivity index (χ2n) is 4.42. The molecule has 22 heavy (non-hydrogen) atoms. The van der Waals surface area contributed by atoms with Crippen molar-refractivity contribution < 1.29 is 8.78 Å². The van der Waals surface area contributed by atoms with Crippen molar-refractivity contribution in [1.82, 2.24) is 0 Å². The van der Waals surface area contributed by atoms with Crippen molar-refractivity contribution in [3.8, 4) is 0 Å². The lowest BCUT2D eigenvalue weighted by Crippen LogP contribution is -2.05. The normalized spacial score (nSPS) is 12.2. The van der Waals surface area contributed by atoms with Crippen LogP contribution < -0.4 is 5.73 Å². The standard InChI is InChI=1S/C16H15F2N3S/c17-15(18)14-8-6-12(7-9-14)10-20-21-16(19)22-11-13-4-2-1-3-5-13/h1-10,15H,11H2,(H2,19,21). The molecule has 2 N–H and O–H groups in total. The second-order valence-corrected chi connectivity index (χ2v) is 5.42. The van der Waals surface area contributed by atoms with Crippen LogP contribution in [0.1, 0.15) is 23.1 Å². The van der Waals surface area contributed by atoms with E-state index in [9.17, 15) is 8.78 Å². The number of hydrogen-bond acceptors (Lipinski definition) is 3. The SMILES string of the molecule is NC(=NN=Cc1ccc(C(F)F)cc1)SCc1ccccc1. The van der Waals surface area contributed by atoms with Crippen molar-refractivity contribution in [2.24, 2.45) is 15.9 Å². The Labute approximate surface area is 132 Å². The molecule has 0 heterocycles. The first kappa shape index (κ1) is 16.2. The van der Waals surface area contributed by atoms with Gasteiger partial charge in [-0.2, -0.15) is 5.10 Å². The molecule has 2 aromatic rings. The zero-order valence-corrected chi connectivity index (χ0v) is 12.5. The number of halogens is 2. The van der Waals surface area contributed by atoms with Crippen LogP contribution in [0.2, 0.25) is 0 Å². The van der Waals surface area contributed by atoms with Crippen LogP contribution >= 0.6 is 11.8 Å². The highest BCUT2D eigenvalue weighted by Crippen LogP contribution is 2.18. The molecule has 0 aliphatic heterocycles. The minimum Gasteiger partial charge on any atom is -0.377 e. The van der Waals surface area contributed by atoms with E-state index in [4.69, 9.17) is 5.73 Å². The first-order valence-corrected chi connectivity index (χ1v) is 7.55. The van der Waals surface area contributed by atoms with Gasteiger partial charge >= 0.3 is 0 Å². The van der Waals surface area contributed by atoms with Crippen molar-refractivity contribution in [3.63, 3.8) is 0 Å². The summed E-state index contributed by atoms with van der Waals surface area (Å²) < 4.78 is 24.8. The van der Waals surface area contributed by atoms with Gasteiger partial charge in [-0.15, -0.1) is 5.10 Å². The minimum absolute atomic E-state index is 0.0152. The Bertz CT molecular complexity index is 640. The fourth-order valence-electron chi connectivity index (χ4n) is 1.64. The van der Waals surface area contributed by atoms with E-state index in [1.54, 1.807) is 12.1 Å². The molecule has 0 aromatic heterocycles. The molecule has 114 valence electrons. The molecule has 2 aromatic carbocycles. The average Bonchev–Trinajstić information content (AvgIpc) is 2.54. The van der Waals surface area contributed by atoms with Crippen molar-refractivity contribution >= 4 is 23.1 Å². The summed E-state index contributed by atoms with van der Waals surface area (Å²) in [6.45, 7) is 0. The summed E-state index contributed by atoms with van der Waals surface area (Å²) in [6.07, 6.45) is -0.986. The first-order valence-electron chi connectivity index (χ1n) is 6.56. The van der Waals surface area contributed by atoms with E-state index in [0.717, 1.165) is 11.3 Å². The Balaban J connectivity index is 1.87. The lowest BCUT2D eigenvalue weighted by Gasteiger charge is -1.99. The zero-order valence-electron chi connectivity index (χ0n) is 11.7. The monoisotopic (exact) mass is 319 g/mol. The minimum atomic E-state index is -2.46. The van der Waals surface area contributed by atoms with Gasteiger partial charge in [0.05, 0.1) is 6.21 Å². The van der Waals surface area contributed by atoms with Crippen LogP contribution in [0.25, 0.3) is 0 Å². The predicted molar refractivity (Wildman–Crippen MR) is 88.4 cm³/mol. The van der Waals surface area contributed by atoms with Crippen LogP contribution in [0.15, 0.2) is 64.8 Å². The zero-order chi connectivity index (χ0) is 15.8. The number of benzene rings is 2. The van der Waals surface area contributed by atoms with Gasteiger partial charge in [0.1, 0.15) is 0 Å². The van der Waals surface area contributed by atoms with E-state index in [2.05, 4.69) is 10.2 Å². The number of rotatable bonds is 5. The summed E-state index contributed by atoms with van der Waals surface area (Å²) in [5.41, 5.74) is 7.57. The molecule has 0 fully saturated rings. The predicted octanol–water partition coefficient (Wildman–Crippen LogP) is 4.21. The largest absolute Gasteiger partial charge is 0.377 e. The third kappa shape index (κ3) is 5.29. The molecule has 3 nitrogen and oxygen atoms in total. The molecule has 0 amide bonds.